The third-order valence-corrected chi connectivity index (χ3v) is 5.92. The van der Waals surface area contributed by atoms with Crippen LogP contribution in [0.15, 0.2) is 12.1 Å². The Morgan fingerprint density at radius 3 is 2.36 bits per heavy atom. The number of fused-ring (bicyclic) bond motifs is 2. The van der Waals surface area contributed by atoms with Crippen molar-refractivity contribution in [3.05, 3.63) is 35.1 Å². The second-order valence-corrected chi connectivity index (χ2v) is 7.88. The number of carbonyl (C=O) groups excluding carboxylic acids is 2. The molecule has 0 aromatic heterocycles. The maximum atomic E-state index is 13.9. The molecule has 28 heavy (non-hydrogen) atoms. The lowest BCUT2D eigenvalue weighted by Crippen LogP contribution is -2.50. The van der Waals surface area contributed by atoms with Crippen LogP contribution in [-0.2, 0) is 16.0 Å². The lowest BCUT2D eigenvalue weighted by atomic mass is 9.82. The van der Waals surface area contributed by atoms with Gasteiger partial charge in [-0.3, -0.25) is 9.59 Å². The van der Waals surface area contributed by atoms with Gasteiger partial charge in [0.25, 0.3) is 0 Å². The molecule has 0 saturated carbocycles. The zero-order valence-electron chi connectivity index (χ0n) is 15.9. The molecular weight excluding hydrogens is 371 g/mol. The van der Waals surface area contributed by atoms with Gasteiger partial charge < -0.3 is 16.0 Å². The summed E-state index contributed by atoms with van der Waals surface area (Å²) in [6.07, 6.45) is 3.63. The summed E-state index contributed by atoms with van der Waals surface area (Å²) in [5.41, 5.74) is 6.37. The molecule has 5 nitrogen and oxygen atoms in total. The molecular formula is C20H26F3N3O2. The number of halogens is 3. The van der Waals surface area contributed by atoms with Crippen molar-refractivity contribution in [2.45, 2.75) is 63.6 Å². The molecule has 2 fully saturated rings. The number of rotatable bonds is 6. The highest BCUT2D eigenvalue weighted by Crippen LogP contribution is 2.40. The first kappa shape index (κ1) is 20.6. The monoisotopic (exact) mass is 397 g/mol. The molecule has 2 bridgehead atoms. The Bertz CT molecular complexity index is 744. The van der Waals surface area contributed by atoms with Crippen molar-refractivity contribution >= 4 is 11.8 Å². The van der Waals surface area contributed by atoms with E-state index in [2.05, 4.69) is 5.32 Å². The van der Waals surface area contributed by atoms with Gasteiger partial charge in [-0.15, -0.1) is 0 Å². The van der Waals surface area contributed by atoms with Gasteiger partial charge in [0, 0.05) is 44.1 Å². The Balaban J connectivity index is 1.59. The second-order valence-electron chi connectivity index (χ2n) is 7.88. The van der Waals surface area contributed by atoms with Gasteiger partial charge in [0.1, 0.15) is 5.82 Å². The van der Waals surface area contributed by atoms with Gasteiger partial charge in [0.05, 0.1) is 0 Å². The van der Waals surface area contributed by atoms with Crippen LogP contribution in [0, 0.1) is 23.4 Å². The number of nitrogens with one attached hydrogen (secondary N) is 1. The minimum absolute atomic E-state index is 0.0277. The minimum atomic E-state index is -1.21. The Morgan fingerprint density at radius 2 is 1.75 bits per heavy atom. The van der Waals surface area contributed by atoms with E-state index in [1.807, 2.05) is 4.90 Å². The lowest BCUT2D eigenvalue weighted by molar-refractivity contribution is -0.136. The van der Waals surface area contributed by atoms with Crippen molar-refractivity contribution < 1.29 is 22.8 Å². The largest absolute Gasteiger partial charge is 0.356 e. The van der Waals surface area contributed by atoms with E-state index in [0.717, 1.165) is 31.7 Å². The quantitative estimate of drug-likeness (QED) is 0.723. The highest BCUT2D eigenvalue weighted by molar-refractivity contribution is 5.79. The molecule has 1 aromatic carbocycles. The maximum absolute atomic E-state index is 13.9. The summed E-state index contributed by atoms with van der Waals surface area (Å²) < 4.78 is 40.5. The van der Waals surface area contributed by atoms with Gasteiger partial charge in [-0.05, 0) is 49.7 Å². The standard InChI is InChI=1S/C20H26F3N3O2/c1-11(27)25-5-4-20(28)26-14-2-3-15(26)7-13(6-14)19(24)9-12-8-17(22)18(23)10-16(12)21/h8,10,13-15,19H,2-7,9,24H2,1H3,(H,25,27)/t13-,14-,15+,19-/m1/s1. The van der Waals surface area contributed by atoms with Crippen molar-refractivity contribution in [2.24, 2.45) is 11.7 Å². The number of nitrogens with two attached hydrogens (primary N) is 1. The van der Waals surface area contributed by atoms with Gasteiger partial charge in [-0.2, -0.15) is 0 Å². The van der Waals surface area contributed by atoms with Crippen LogP contribution in [0.2, 0.25) is 0 Å². The molecule has 4 atom stereocenters. The number of benzene rings is 1. The Labute approximate surface area is 162 Å². The third-order valence-electron chi connectivity index (χ3n) is 5.92. The summed E-state index contributed by atoms with van der Waals surface area (Å²) in [6.45, 7) is 1.74. The van der Waals surface area contributed by atoms with E-state index in [-0.39, 0.29) is 54.3 Å². The fourth-order valence-electron chi connectivity index (χ4n) is 4.59. The van der Waals surface area contributed by atoms with Crippen LogP contribution < -0.4 is 11.1 Å². The molecule has 0 radical (unpaired) electrons. The van der Waals surface area contributed by atoms with Gasteiger partial charge in [-0.1, -0.05) is 0 Å². The molecule has 0 unspecified atom stereocenters. The molecule has 2 aliphatic heterocycles. The number of hydrogen-bond donors (Lipinski definition) is 2. The van der Waals surface area contributed by atoms with Crippen LogP contribution in [0.3, 0.4) is 0 Å². The predicted molar refractivity (Wildman–Crippen MR) is 97.7 cm³/mol. The van der Waals surface area contributed by atoms with E-state index in [9.17, 15) is 22.8 Å². The number of nitrogens with zero attached hydrogens (tertiary/aromatic N) is 1. The fraction of sp³-hybridized carbons (Fsp3) is 0.600. The topological polar surface area (TPSA) is 75.4 Å². The second kappa shape index (κ2) is 8.51. The van der Waals surface area contributed by atoms with Gasteiger partial charge in [-0.25, -0.2) is 13.2 Å². The molecule has 2 saturated heterocycles. The third kappa shape index (κ3) is 4.48. The number of amides is 2. The molecule has 2 aliphatic rings. The summed E-state index contributed by atoms with van der Waals surface area (Å²) in [6, 6.07) is 1.22. The van der Waals surface area contributed by atoms with Gasteiger partial charge >= 0.3 is 0 Å². The van der Waals surface area contributed by atoms with E-state index in [1.165, 1.54) is 6.92 Å². The number of carbonyl (C=O) groups is 2. The molecule has 3 rings (SSSR count). The van der Waals surface area contributed by atoms with E-state index in [4.69, 9.17) is 5.73 Å². The molecule has 2 heterocycles. The van der Waals surface area contributed by atoms with Crippen molar-refractivity contribution in [1.82, 2.24) is 10.2 Å². The van der Waals surface area contributed by atoms with Crippen molar-refractivity contribution in [3.63, 3.8) is 0 Å². The first-order valence-electron chi connectivity index (χ1n) is 9.70. The summed E-state index contributed by atoms with van der Waals surface area (Å²) in [7, 11) is 0. The molecule has 3 N–H and O–H groups in total. The summed E-state index contributed by atoms with van der Waals surface area (Å²) in [4.78, 5) is 25.4. The highest BCUT2D eigenvalue weighted by Gasteiger charge is 2.44. The van der Waals surface area contributed by atoms with Gasteiger partial charge in [0.15, 0.2) is 11.6 Å². The van der Waals surface area contributed by atoms with Crippen molar-refractivity contribution in [3.8, 4) is 0 Å². The maximum Gasteiger partial charge on any atom is 0.224 e. The normalized spacial score (nSPS) is 24.9. The molecule has 0 aliphatic carbocycles. The van der Waals surface area contributed by atoms with Crippen LogP contribution in [0.25, 0.3) is 0 Å². The van der Waals surface area contributed by atoms with Crippen LogP contribution in [0.1, 0.15) is 44.6 Å². The average molecular weight is 397 g/mol. The summed E-state index contributed by atoms with van der Waals surface area (Å²) in [5.74, 6) is -3.13. The number of hydrogen-bond acceptors (Lipinski definition) is 3. The molecule has 2 amide bonds. The SMILES string of the molecule is CC(=O)NCCC(=O)N1[C@@H]2CC[C@H]1C[C@H]([C@H](N)Cc1cc(F)c(F)cc1F)C2. The smallest absolute Gasteiger partial charge is 0.224 e. The van der Waals surface area contributed by atoms with Crippen LogP contribution in [-0.4, -0.2) is 41.4 Å². The minimum Gasteiger partial charge on any atom is -0.356 e. The van der Waals surface area contributed by atoms with E-state index < -0.39 is 17.5 Å². The first-order valence-corrected chi connectivity index (χ1v) is 9.70. The van der Waals surface area contributed by atoms with Crippen LogP contribution >= 0.6 is 0 Å². The van der Waals surface area contributed by atoms with E-state index in [1.54, 1.807) is 0 Å². The van der Waals surface area contributed by atoms with Crippen LogP contribution in [0.5, 0.6) is 0 Å². The Hall–Kier alpha value is -2.09. The number of piperidine rings is 1. The van der Waals surface area contributed by atoms with E-state index in [0.29, 0.717) is 12.6 Å². The summed E-state index contributed by atoms with van der Waals surface area (Å²) >= 11 is 0. The van der Waals surface area contributed by atoms with E-state index >= 15 is 0 Å². The average Bonchev–Trinajstić information content (AvgIpc) is 2.89. The molecule has 1 aromatic rings. The Morgan fingerprint density at radius 1 is 1.14 bits per heavy atom. The summed E-state index contributed by atoms with van der Waals surface area (Å²) in [5, 5.41) is 2.63. The molecule has 0 spiro atoms. The lowest BCUT2D eigenvalue weighted by Gasteiger charge is -2.41. The van der Waals surface area contributed by atoms with Crippen LogP contribution in [0.4, 0.5) is 13.2 Å². The Kier molecular flexibility index (Phi) is 6.27. The first-order chi connectivity index (χ1) is 13.3. The van der Waals surface area contributed by atoms with Crippen molar-refractivity contribution in [2.75, 3.05) is 6.54 Å². The molecule has 154 valence electrons. The predicted octanol–water partition coefficient (Wildman–Crippen LogP) is 2.27. The van der Waals surface area contributed by atoms with Crippen molar-refractivity contribution in [1.29, 1.82) is 0 Å². The zero-order valence-corrected chi connectivity index (χ0v) is 15.9. The van der Waals surface area contributed by atoms with Gasteiger partial charge in [0.2, 0.25) is 11.8 Å². The fourth-order valence-corrected chi connectivity index (χ4v) is 4.59. The zero-order chi connectivity index (χ0) is 20.4. The highest BCUT2D eigenvalue weighted by atomic mass is 19.2. The molecule has 8 heteroatoms.